The minimum absolute atomic E-state index is 0.156. The average Bonchev–Trinajstić information content (AvgIpc) is 3.15. The largest absolute Gasteiger partial charge is 0.497 e. The highest BCUT2D eigenvalue weighted by atomic mass is 32.2. The number of rotatable bonds is 4. The van der Waals surface area contributed by atoms with Crippen LogP contribution >= 0.6 is 11.8 Å². The summed E-state index contributed by atoms with van der Waals surface area (Å²) in [4.78, 5) is 6.03. The molecule has 0 saturated heterocycles. The first-order valence-corrected chi connectivity index (χ1v) is 9.25. The van der Waals surface area contributed by atoms with Crippen LogP contribution in [0.3, 0.4) is 0 Å². The standard InChI is InChI=1S/C21H19NO3S/c1-23-14-9-10-15(19(12-14)24-2)21-13-17(18-7-5-11-25-18)22-16-6-3-4-8-20(16)26-21/h3-12,21H,13H2,1-2H3. The second-order valence-corrected chi connectivity index (χ2v) is 7.17. The molecule has 2 aromatic carbocycles. The zero-order chi connectivity index (χ0) is 17.9. The average molecular weight is 365 g/mol. The minimum atomic E-state index is 0.156. The predicted molar refractivity (Wildman–Crippen MR) is 104 cm³/mol. The van der Waals surface area contributed by atoms with E-state index in [-0.39, 0.29) is 5.25 Å². The van der Waals surface area contributed by atoms with E-state index in [0.29, 0.717) is 0 Å². The zero-order valence-corrected chi connectivity index (χ0v) is 15.5. The van der Waals surface area contributed by atoms with Gasteiger partial charge in [0.1, 0.15) is 17.3 Å². The van der Waals surface area contributed by atoms with Crippen molar-refractivity contribution in [2.75, 3.05) is 14.2 Å². The van der Waals surface area contributed by atoms with Crippen LogP contribution < -0.4 is 9.47 Å². The normalized spacial score (nSPS) is 16.4. The van der Waals surface area contributed by atoms with Gasteiger partial charge in [0.05, 0.1) is 31.9 Å². The Hall–Kier alpha value is -2.66. The van der Waals surface area contributed by atoms with E-state index in [1.165, 1.54) is 0 Å². The third kappa shape index (κ3) is 3.22. The topological polar surface area (TPSA) is 44.0 Å². The van der Waals surface area contributed by atoms with E-state index < -0.39 is 0 Å². The van der Waals surface area contributed by atoms with Crippen LogP contribution in [0.4, 0.5) is 5.69 Å². The number of furan rings is 1. The van der Waals surface area contributed by atoms with Gasteiger partial charge in [0, 0.05) is 28.2 Å². The summed E-state index contributed by atoms with van der Waals surface area (Å²) in [5.74, 6) is 2.41. The van der Waals surface area contributed by atoms with Crippen molar-refractivity contribution >= 4 is 23.2 Å². The number of aliphatic imine (C=N–C) groups is 1. The molecule has 0 amide bonds. The van der Waals surface area contributed by atoms with Crippen molar-refractivity contribution in [1.82, 2.24) is 0 Å². The summed E-state index contributed by atoms with van der Waals surface area (Å²) in [5.41, 5.74) is 3.03. The molecule has 0 saturated carbocycles. The second-order valence-electron chi connectivity index (χ2n) is 5.92. The van der Waals surface area contributed by atoms with Crippen molar-refractivity contribution in [3.63, 3.8) is 0 Å². The Balaban J connectivity index is 1.80. The number of methoxy groups -OCH3 is 2. The Kier molecular flexibility index (Phi) is 4.71. The Morgan fingerprint density at radius 3 is 2.69 bits per heavy atom. The van der Waals surface area contributed by atoms with Gasteiger partial charge in [-0.3, -0.25) is 0 Å². The molecular weight excluding hydrogens is 346 g/mol. The fourth-order valence-electron chi connectivity index (χ4n) is 3.07. The quantitative estimate of drug-likeness (QED) is 0.599. The number of hydrogen-bond donors (Lipinski definition) is 0. The van der Waals surface area contributed by atoms with Crippen LogP contribution in [0.1, 0.15) is 23.0 Å². The Morgan fingerprint density at radius 1 is 1.04 bits per heavy atom. The summed E-state index contributed by atoms with van der Waals surface area (Å²) >= 11 is 1.80. The van der Waals surface area contributed by atoms with Gasteiger partial charge in [-0.05, 0) is 30.3 Å². The van der Waals surface area contributed by atoms with Crippen molar-refractivity contribution in [3.05, 3.63) is 72.2 Å². The number of thioether (sulfide) groups is 1. The number of benzene rings is 2. The molecule has 2 heterocycles. The van der Waals surface area contributed by atoms with Crippen LogP contribution in [0, 0.1) is 0 Å². The van der Waals surface area contributed by atoms with Crippen molar-refractivity contribution in [3.8, 4) is 11.5 Å². The smallest absolute Gasteiger partial charge is 0.148 e. The van der Waals surface area contributed by atoms with Crippen molar-refractivity contribution < 1.29 is 13.9 Å². The summed E-state index contributed by atoms with van der Waals surface area (Å²) in [7, 11) is 3.35. The second kappa shape index (κ2) is 7.30. The first kappa shape index (κ1) is 16.8. The number of para-hydroxylation sites is 1. The highest BCUT2D eigenvalue weighted by Gasteiger charge is 2.26. The lowest BCUT2D eigenvalue weighted by atomic mass is 10.0. The molecule has 0 fully saturated rings. The molecule has 0 spiro atoms. The molecule has 1 aliphatic heterocycles. The van der Waals surface area contributed by atoms with E-state index in [1.54, 1.807) is 32.2 Å². The van der Waals surface area contributed by atoms with E-state index >= 15 is 0 Å². The van der Waals surface area contributed by atoms with Crippen LogP contribution in [0.5, 0.6) is 11.5 Å². The summed E-state index contributed by atoms with van der Waals surface area (Å²) in [6, 6.07) is 18.0. The van der Waals surface area contributed by atoms with Crippen LogP contribution in [-0.4, -0.2) is 19.9 Å². The van der Waals surface area contributed by atoms with E-state index in [1.807, 2.05) is 42.5 Å². The molecule has 26 heavy (non-hydrogen) atoms. The van der Waals surface area contributed by atoms with E-state index in [9.17, 15) is 0 Å². The summed E-state index contributed by atoms with van der Waals surface area (Å²) in [6.45, 7) is 0. The Bertz CT molecular complexity index is 934. The third-order valence-corrected chi connectivity index (χ3v) is 5.67. The maximum Gasteiger partial charge on any atom is 0.148 e. The molecule has 3 aromatic rings. The maximum absolute atomic E-state index is 5.64. The lowest BCUT2D eigenvalue weighted by Crippen LogP contribution is -2.06. The van der Waals surface area contributed by atoms with Crippen LogP contribution in [0.2, 0.25) is 0 Å². The van der Waals surface area contributed by atoms with Crippen LogP contribution in [0.25, 0.3) is 0 Å². The molecule has 132 valence electrons. The van der Waals surface area contributed by atoms with Crippen molar-refractivity contribution in [2.24, 2.45) is 4.99 Å². The molecule has 0 radical (unpaired) electrons. The molecule has 1 aromatic heterocycles. The maximum atomic E-state index is 5.64. The number of hydrogen-bond acceptors (Lipinski definition) is 5. The first-order valence-electron chi connectivity index (χ1n) is 8.37. The fraction of sp³-hybridized carbons (Fsp3) is 0.190. The lowest BCUT2D eigenvalue weighted by molar-refractivity contribution is 0.391. The zero-order valence-electron chi connectivity index (χ0n) is 14.6. The van der Waals surface area contributed by atoms with Gasteiger partial charge in [-0.25, -0.2) is 4.99 Å². The predicted octanol–water partition coefficient (Wildman–Crippen LogP) is 5.65. The van der Waals surface area contributed by atoms with Gasteiger partial charge in [-0.2, -0.15) is 0 Å². The molecule has 5 heteroatoms. The molecule has 1 atom stereocenters. The summed E-state index contributed by atoms with van der Waals surface area (Å²) in [6.07, 6.45) is 2.43. The number of ether oxygens (including phenoxy) is 2. The molecule has 0 aliphatic carbocycles. The van der Waals surface area contributed by atoms with Gasteiger partial charge in [0.2, 0.25) is 0 Å². The molecule has 0 N–H and O–H groups in total. The molecular formula is C21H19NO3S. The van der Waals surface area contributed by atoms with Gasteiger partial charge >= 0.3 is 0 Å². The van der Waals surface area contributed by atoms with Gasteiger partial charge in [-0.1, -0.05) is 18.2 Å². The molecule has 1 unspecified atom stereocenters. The highest BCUT2D eigenvalue weighted by Crippen LogP contribution is 2.48. The van der Waals surface area contributed by atoms with Crippen molar-refractivity contribution in [2.45, 2.75) is 16.6 Å². The monoisotopic (exact) mass is 365 g/mol. The number of fused-ring (bicyclic) bond motifs is 1. The third-order valence-electron chi connectivity index (χ3n) is 4.36. The SMILES string of the molecule is COc1ccc(C2CC(c3ccco3)=Nc3ccccc3S2)c(OC)c1. The Morgan fingerprint density at radius 2 is 1.92 bits per heavy atom. The van der Waals surface area contributed by atoms with E-state index in [0.717, 1.165) is 45.5 Å². The Labute approximate surface area is 156 Å². The summed E-state index contributed by atoms with van der Waals surface area (Å²) < 4.78 is 16.6. The van der Waals surface area contributed by atoms with Gasteiger partial charge in [-0.15, -0.1) is 11.8 Å². The highest BCUT2D eigenvalue weighted by molar-refractivity contribution is 7.99. The lowest BCUT2D eigenvalue weighted by Gasteiger charge is -2.19. The molecule has 4 nitrogen and oxygen atoms in total. The van der Waals surface area contributed by atoms with E-state index in [2.05, 4.69) is 12.1 Å². The minimum Gasteiger partial charge on any atom is -0.497 e. The molecule has 4 rings (SSSR count). The van der Waals surface area contributed by atoms with Crippen LogP contribution in [-0.2, 0) is 0 Å². The van der Waals surface area contributed by atoms with Gasteiger partial charge in [0.15, 0.2) is 0 Å². The number of nitrogens with zero attached hydrogens (tertiary/aromatic N) is 1. The van der Waals surface area contributed by atoms with Crippen LogP contribution in [0.15, 0.2) is 75.2 Å². The van der Waals surface area contributed by atoms with E-state index in [4.69, 9.17) is 18.9 Å². The van der Waals surface area contributed by atoms with Gasteiger partial charge < -0.3 is 13.9 Å². The molecule has 0 bridgehead atoms. The first-order chi connectivity index (χ1) is 12.8. The van der Waals surface area contributed by atoms with Gasteiger partial charge in [0.25, 0.3) is 0 Å². The fourth-order valence-corrected chi connectivity index (χ4v) is 4.33. The van der Waals surface area contributed by atoms with Crippen molar-refractivity contribution in [1.29, 1.82) is 0 Å². The molecule has 1 aliphatic rings. The summed E-state index contributed by atoms with van der Waals surface area (Å²) in [5, 5.41) is 0.156.